The van der Waals surface area contributed by atoms with Crippen LogP contribution in [0.1, 0.15) is 51.5 Å². The highest BCUT2D eigenvalue weighted by molar-refractivity contribution is 9.10. The molecule has 0 aromatic heterocycles. The largest absolute Gasteiger partial charge is 0.310 e. The third kappa shape index (κ3) is 6.01. The molecule has 0 saturated heterocycles. The molecular weight excluding hydrogens is 320 g/mol. The van der Waals surface area contributed by atoms with Crippen LogP contribution in [0.4, 0.5) is 5.69 Å². The van der Waals surface area contributed by atoms with Gasteiger partial charge in [0.15, 0.2) is 0 Å². The van der Waals surface area contributed by atoms with Gasteiger partial charge in [-0.15, -0.1) is 0 Å². The maximum Gasteiger partial charge on any atom is 0.273 e. The summed E-state index contributed by atoms with van der Waals surface area (Å²) in [6.07, 6.45) is 6.11. The van der Waals surface area contributed by atoms with Gasteiger partial charge in [-0.1, -0.05) is 48.5 Å². The lowest BCUT2D eigenvalue weighted by Crippen LogP contribution is -2.25. The molecule has 1 atom stereocenters. The number of nitro benzene ring substituents is 1. The number of benzene rings is 1. The van der Waals surface area contributed by atoms with Gasteiger partial charge in [-0.05, 0) is 25.5 Å². The monoisotopic (exact) mass is 342 g/mol. The highest BCUT2D eigenvalue weighted by Crippen LogP contribution is 2.23. The van der Waals surface area contributed by atoms with E-state index in [4.69, 9.17) is 0 Å². The number of rotatable bonds is 9. The molecule has 0 heterocycles. The third-order valence-corrected chi connectivity index (χ3v) is 3.86. The first kappa shape index (κ1) is 17.1. The second-order valence-corrected chi connectivity index (χ2v) is 6.08. The van der Waals surface area contributed by atoms with E-state index in [1.165, 1.54) is 25.7 Å². The summed E-state index contributed by atoms with van der Waals surface area (Å²) in [6, 6.07) is 5.45. The van der Waals surface area contributed by atoms with Gasteiger partial charge in [-0.3, -0.25) is 10.1 Å². The topological polar surface area (TPSA) is 55.2 Å². The molecule has 0 radical (unpaired) electrons. The molecule has 0 fully saturated rings. The molecule has 20 heavy (non-hydrogen) atoms. The van der Waals surface area contributed by atoms with Crippen molar-refractivity contribution in [1.29, 1.82) is 0 Å². The molecule has 0 aliphatic rings. The summed E-state index contributed by atoms with van der Waals surface area (Å²) in [7, 11) is 0. The highest BCUT2D eigenvalue weighted by atomic mass is 79.9. The van der Waals surface area contributed by atoms with E-state index in [1.807, 2.05) is 6.07 Å². The molecular formula is C15H23BrN2O2. The van der Waals surface area contributed by atoms with Crippen LogP contribution in [0, 0.1) is 10.1 Å². The molecule has 1 aromatic carbocycles. The van der Waals surface area contributed by atoms with Crippen LogP contribution >= 0.6 is 15.9 Å². The second-order valence-electron chi connectivity index (χ2n) is 5.16. The van der Waals surface area contributed by atoms with Crippen molar-refractivity contribution in [2.75, 3.05) is 0 Å². The van der Waals surface area contributed by atoms with Crippen molar-refractivity contribution in [2.45, 2.75) is 58.5 Å². The summed E-state index contributed by atoms with van der Waals surface area (Å²) in [6.45, 7) is 4.87. The van der Waals surface area contributed by atoms with E-state index in [-0.39, 0.29) is 10.6 Å². The van der Waals surface area contributed by atoms with Crippen LogP contribution in [0.25, 0.3) is 0 Å². The molecule has 1 rings (SSSR count). The Bertz CT molecular complexity index is 438. The summed E-state index contributed by atoms with van der Waals surface area (Å²) in [5, 5.41) is 14.4. The van der Waals surface area contributed by atoms with E-state index < -0.39 is 0 Å². The molecule has 0 amide bonds. The fourth-order valence-corrected chi connectivity index (χ4v) is 2.55. The Morgan fingerprint density at radius 2 is 2.10 bits per heavy atom. The minimum atomic E-state index is -0.324. The van der Waals surface area contributed by atoms with Gasteiger partial charge in [0.2, 0.25) is 0 Å². The minimum absolute atomic E-state index is 0.180. The van der Waals surface area contributed by atoms with Gasteiger partial charge in [0.25, 0.3) is 5.69 Å². The van der Waals surface area contributed by atoms with Gasteiger partial charge in [-0.25, -0.2) is 0 Å². The van der Waals surface area contributed by atoms with Gasteiger partial charge < -0.3 is 5.32 Å². The third-order valence-electron chi connectivity index (χ3n) is 3.37. The van der Waals surface area contributed by atoms with E-state index in [0.29, 0.717) is 12.6 Å². The van der Waals surface area contributed by atoms with E-state index in [9.17, 15) is 10.1 Å². The Kier molecular flexibility index (Phi) is 7.77. The Morgan fingerprint density at radius 1 is 1.35 bits per heavy atom. The first-order valence-corrected chi connectivity index (χ1v) is 8.00. The fraction of sp³-hybridized carbons (Fsp3) is 0.600. The number of nitro groups is 1. The summed E-state index contributed by atoms with van der Waals surface area (Å²) in [5.74, 6) is 0. The normalized spacial score (nSPS) is 12.3. The molecule has 0 saturated carbocycles. The predicted octanol–water partition coefficient (Wildman–Crippen LogP) is 4.81. The van der Waals surface area contributed by atoms with Crippen LogP contribution < -0.4 is 5.32 Å². The van der Waals surface area contributed by atoms with Crippen LogP contribution in [-0.4, -0.2) is 11.0 Å². The zero-order chi connectivity index (χ0) is 15.0. The van der Waals surface area contributed by atoms with Crippen LogP contribution in [0.5, 0.6) is 0 Å². The van der Waals surface area contributed by atoms with E-state index in [0.717, 1.165) is 16.5 Å². The molecule has 5 heteroatoms. The molecule has 1 aromatic rings. The number of hydrogen-bond donors (Lipinski definition) is 1. The first-order valence-electron chi connectivity index (χ1n) is 7.20. The van der Waals surface area contributed by atoms with Crippen molar-refractivity contribution in [1.82, 2.24) is 5.32 Å². The number of unbranched alkanes of at least 4 members (excludes halogenated alkanes) is 3. The first-order chi connectivity index (χ1) is 9.54. The average molecular weight is 343 g/mol. The van der Waals surface area contributed by atoms with Crippen molar-refractivity contribution >= 4 is 21.6 Å². The maximum atomic E-state index is 11.0. The average Bonchev–Trinajstić information content (AvgIpc) is 2.41. The number of halogens is 1. The summed E-state index contributed by atoms with van der Waals surface area (Å²) < 4.78 is 0.871. The molecule has 0 aliphatic carbocycles. The van der Waals surface area contributed by atoms with Gasteiger partial charge >= 0.3 is 0 Å². The van der Waals surface area contributed by atoms with Crippen molar-refractivity contribution in [2.24, 2.45) is 0 Å². The van der Waals surface area contributed by atoms with E-state index in [1.54, 1.807) is 12.1 Å². The Balaban J connectivity index is 2.48. The fourth-order valence-electron chi connectivity index (χ4n) is 2.14. The van der Waals surface area contributed by atoms with Crippen LogP contribution in [0.15, 0.2) is 22.7 Å². The summed E-state index contributed by atoms with van der Waals surface area (Å²) in [4.78, 5) is 10.7. The number of nitrogens with zero attached hydrogens (tertiary/aromatic N) is 1. The lowest BCUT2D eigenvalue weighted by molar-refractivity contribution is -0.385. The Labute approximate surface area is 129 Å². The smallest absolute Gasteiger partial charge is 0.273 e. The molecule has 0 aliphatic heterocycles. The molecule has 4 nitrogen and oxygen atoms in total. The quantitative estimate of drug-likeness (QED) is 0.398. The lowest BCUT2D eigenvalue weighted by atomic mass is 10.1. The SMILES string of the molecule is CCCCCCC(C)NCc1cc(Br)ccc1[N+](=O)[O-]. The molecule has 0 bridgehead atoms. The number of hydrogen-bond acceptors (Lipinski definition) is 3. The van der Waals surface area contributed by atoms with Crippen molar-refractivity contribution in [3.05, 3.63) is 38.3 Å². The van der Waals surface area contributed by atoms with Gasteiger partial charge in [-0.2, -0.15) is 0 Å². The maximum absolute atomic E-state index is 11.0. The van der Waals surface area contributed by atoms with Gasteiger partial charge in [0.05, 0.1) is 4.92 Å². The summed E-state index contributed by atoms with van der Waals surface area (Å²) in [5.41, 5.74) is 0.906. The van der Waals surface area contributed by atoms with Crippen LogP contribution in [0.3, 0.4) is 0 Å². The number of nitrogens with one attached hydrogen (secondary N) is 1. The van der Waals surface area contributed by atoms with E-state index in [2.05, 4.69) is 35.1 Å². The standard InChI is InChI=1S/C15H23BrN2O2/c1-3-4-5-6-7-12(2)17-11-13-10-14(16)8-9-15(13)18(19)20/h8-10,12,17H,3-7,11H2,1-2H3. The Hall–Kier alpha value is -0.940. The Morgan fingerprint density at radius 3 is 2.75 bits per heavy atom. The zero-order valence-electron chi connectivity index (χ0n) is 12.2. The van der Waals surface area contributed by atoms with Crippen LogP contribution in [0.2, 0.25) is 0 Å². The molecule has 1 unspecified atom stereocenters. The minimum Gasteiger partial charge on any atom is -0.310 e. The van der Waals surface area contributed by atoms with Crippen molar-refractivity contribution < 1.29 is 4.92 Å². The van der Waals surface area contributed by atoms with Crippen LogP contribution in [-0.2, 0) is 6.54 Å². The van der Waals surface area contributed by atoms with Crippen molar-refractivity contribution in [3.63, 3.8) is 0 Å². The zero-order valence-corrected chi connectivity index (χ0v) is 13.8. The molecule has 112 valence electrons. The summed E-state index contributed by atoms with van der Waals surface area (Å²) >= 11 is 3.36. The highest BCUT2D eigenvalue weighted by Gasteiger charge is 2.14. The lowest BCUT2D eigenvalue weighted by Gasteiger charge is -2.14. The van der Waals surface area contributed by atoms with Gasteiger partial charge in [0.1, 0.15) is 0 Å². The van der Waals surface area contributed by atoms with Gasteiger partial charge in [0, 0.05) is 28.7 Å². The molecule has 1 N–H and O–H groups in total. The predicted molar refractivity (Wildman–Crippen MR) is 85.9 cm³/mol. The van der Waals surface area contributed by atoms with Crippen molar-refractivity contribution in [3.8, 4) is 0 Å². The van der Waals surface area contributed by atoms with E-state index >= 15 is 0 Å². The second kappa shape index (κ2) is 9.08. The molecule has 0 spiro atoms.